The van der Waals surface area contributed by atoms with Crippen LogP contribution in [-0.4, -0.2) is 29.4 Å². The number of carbonyl (C=O) groups excluding carboxylic acids is 1. The van der Waals surface area contributed by atoms with Gasteiger partial charge in [-0.3, -0.25) is 4.79 Å². The van der Waals surface area contributed by atoms with Gasteiger partial charge in [0.25, 0.3) is 0 Å². The molecule has 2 aromatic rings. The van der Waals surface area contributed by atoms with E-state index in [-0.39, 0.29) is 5.91 Å². The van der Waals surface area contributed by atoms with Crippen LogP contribution in [0.25, 0.3) is 10.9 Å². The van der Waals surface area contributed by atoms with E-state index in [4.69, 9.17) is 0 Å². The molecule has 0 aliphatic heterocycles. The molecule has 1 aliphatic carbocycles. The number of nitrogens with zero attached hydrogens (tertiary/aromatic N) is 1. The number of hydrogen-bond donors (Lipinski definition) is 1. The van der Waals surface area contributed by atoms with Gasteiger partial charge in [0.15, 0.2) is 0 Å². The number of aromatic nitrogens is 1. The van der Waals surface area contributed by atoms with Gasteiger partial charge < -0.3 is 9.88 Å². The van der Waals surface area contributed by atoms with Crippen molar-refractivity contribution in [3.8, 4) is 0 Å². The fourth-order valence-corrected chi connectivity index (χ4v) is 3.45. The smallest absolute Gasteiger partial charge is 0.222 e. The monoisotopic (exact) mass is 284 g/mol. The SMILES string of the molecule is CN(CC1CCCC1)C(=O)CCc1c[nH]c2ccccc12. The highest BCUT2D eigenvalue weighted by Crippen LogP contribution is 2.25. The third kappa shape index (κ3) is 3.29. The lowest BCUT2D eigenvalue weighted by Gasteiger charge is -2.21. The Bertz CT molecular complexity index is 610. The Morgan fingerprint density at radius 1 is 1.29 bits per heavy atom. The van der Waals surface area contributed by atoms with E-state index in [1.54, 1.807) is 0 Å². The number of H-pyrrole nitrogens is 1. The minimum absolute atomic E-state index is 0.271. The number of para-hydroxylation sites is 1. The molecule has 112 valence electrons. The standard InChI is InChI=1S/C18H24N2O/c1-20(13-14-6-2-3-7-14)18(21)11-10-15-12-19-17-9-5-4-8-16(15)17/h4-5,8-9,12,14,19H,2-3,6-7,10-11,13H2,1H3. The Morgan fingerprint density at radius 3 is 2.86 bits per heavy atom. The van der Waals surface area contributed by atoms with Crippen LogP contribution >= 0.6 is 0 Å². The van der Waals surface area contributed by atoms with Crippen LogP contribution in [0.15, 0.2) is 30.5 Å². The number of fused-ring (bicyclic) bond motifs is 1. The van der Waals surface area contributed by atoms with E-state index in [1.165, 1.54) is 36.6 Å². The predicted molar refractivity (Wildman–Crippen MR) is 86.2 cm³/mol. The normalized spacial score (nSPS) is 15.7. The molecular weight excluding hydrogens is 260 g/mol. The summed E-state index contributed by atoms with van der Waals surface area (Å²) in [6, 6.07) is 8.28. The maximum atomic E-state index is 12.3. The fourth-order valence-electron chi connectivity index (χ4n) is 3.45. The van der Waals surface area contributed by atoms with Crippen LogP contribution in [0.5, 0.6) is 0 Å². The van der Waals surface area contributed by atoms with Gasteiger partial charge in [0.1, 0.15) is 0 Å². The van der Waals surface area contributed by atoms with Crippen LogP contribution in [0.1, 0.15) is 37.7 Å². The summed E-state index contributed by atoms with van der Waals surface area (Å²) in [6.45, 7) is 0.937. The van der Waals surface area contributed by atoms with E-state index < -0.39 is 0 Å². The van der Waals surface area contributed by atoms with Crippen LogP contribution in [0.2, 0.25) is 0 Å². The van der Waals surface area contributed by atoms with Gasteiger partial charge in [-0.2, -0.15) is 0 Å². The van der Waals surface area contributed by atoms with Gasteiger partial charge in [0.2, 0.25) is 5.91 Å². The molecule has 3 heteroatoms. The zero-order valence-corrected chi connectivity index (χ0v) is 12.8. The molecule has 0 radical (unpaired) electrons. The van der Waals surface area contributed by atoms with Crippen molar-refractivity contribution in [3.05, 3.63) is 36.0 Å². The largest absolute Gasteiger partial charge is 0.361 e. The van der Waals surface area contributed by atoms with Crippen molar-refractivity contribution in [2.75, 3.05) is 13.6 Å². The summed E-state index contributed by atoms with van der Waals surface area (Å²) in [6.07, 6.45) is 8.71. The lowest BCUT2D eigenvalue weighted by Crippen LogP contribution is -2.31. The summed E-state index contributed by atoms with van der Waals surface area (Å²) in [7, 11) is 1.95. The van der Waals surface area contributed by atoms with E-state index in [0.717, 1.165) is 24.4 Å². The number of aromatic amines is 1. The maximum Gasteiger partial charge on any atom is 0.222 e. The molecule has 1 aromatic heterocycles. The lowest BCUT2D eigenvalue weighted by atomic mass is 10.1. The average molecular weight is 284 g/mol. The first-order valence-electron chi connectivity index (χ1n) is 8.03. The molecule has 21 heavy (non-hydrogen) atoms. The van der Waals surface area contributed by atoms with Gasteiger partial charge in [-0.25, -0.2) is 0 Å². The van der Waals surface area contributed by atoms with Gasteiger partial charge in [-0.1, -0.05) is 31.0 Å². The van der Waals surface area contributed by atoms with E-state index in [1.807, 2.05) is 30.3 Å². The molecule has 1 heterocycles. The number of aryl methyl sites for hydroxylation is 1. The highest BCUT2D eigenvalue weighted by molar-refractivity contribution is 5.84. The number of nitrogens with one attached hydrogen (secondary N) is 1. The first kappa shape index (κ1) is 14.2. The number of benzene rings is 1. The van der Waals surface area contributed by atoms with Crippen LogP contribution < -0.4 is 0 Å². The van der Waals surface area contributed by atoms with Crippen molar-refractivity contribution in [3.63, 3.8) is 0 Å². The van der Waals surface area contributed by atoms with Crippen molar-refractivity contribution >= 4 is 16.8 Å². The van der Waals surface area contributed by atoms with E-state index in [9.17, 15) is 4.79 Å². The highest BCUT2D eigenvalue weighted by Gasteiger charge is 2.19. The molecule has 1 aromatic carbocycles. The second kappa shape index (κ2) is 6.33. The van der Waals surface area contributed by atoms with Gasteiger partial charge in [0.05, 0.1) is 0 Å². The molecule has 0 atom stereocenters. The average Bonchev–Trinajstić information content (AvgIpc) is 3.14. The van der Waals surface area contributed by atoms with Crippen molar-refractivity contribution < 1.29 is 4.79 Å². The molecular formula is C18H24N2O. The number of rotatable bonds is 5. The quantitative estimate of drug-likeness (QED) is 0.892. The Balaban J connectivity index is 1.55. The van der Waals surface area contributed by atoms with Crippen LogP contribution in [0.4, 0.5) is 0 Å². The van der Waals surface area contributed by atoms with Crippen LogP contribution in [-0.2, 0) is 11.2 Å². The summed E-state index contributed by atoms with van der Waals surface area (Å²) < 4.78 is 0. The Kier molecular flexibility index (Phi) is 4.28. The summed E-state index contributed by atoms with van der Waals surface area (Å²) in [4.78, 5) is 17.5. The van der Waals surface area contributed by atoms with Crippen molar-refractivity contribution in [1.29, 1.82) is 0 Å². The second-order valence-corrected chi connectivity index (χ2v) is 6.28. The predicted octanol–water partition coefficient (Wildman–Crippen LogP) is 3.75. The third-order valence-electron chi connectivity index (χ3n) is 4.72. The zero-order valence-electron chi connectivity index (χ0n) is 12.8. The number of amides is 1. The second-order valence-electron chi connectivity index (χ2n) is 6.28. The highest BCUT2D eigenvalue weighted by atomic mass is 16.2. The summed E-state index contributed by atoms with van der Waals surface area (Å²) in [5.41, 5.74) is 2.40. The fraction of sp³-hybridized carbons (Fsp3) is 0.500. The molecule has 1 saturated carbocycles. The van der Waals surface area contributed by atoms with Crippen LogP contribution in [0.3, 0.4) is 0 Å². The first-order valence-corrected chi connectivity index (χ1v) is 8.03. The molecule has 1 amide bonds. The molecule has 1 N–H and O–H groups in total. The molecule has 1 fully saturated rings. The zero-order chi connectivity index (χ0) is 14.7. The van der Waals surface area contributed by atoms with Gasteiger partial charge in [-0.05, 0) is 36.8 Å². The summed E-state index contributed by atoms with van der Waals surface area (Å²) in [5.74, 6) is 0.999. The summed E-state index contributed by atoms with van der Waals surface area (Å²) >= 11 is 0. The third-order valence-corrected chi connectivity index (χ3v) is 4.72. The van der Waals surface area contributed by atoms with Crippen molar-refractivity contribution in [2.24, 2.45) is 5.92 Å². The van der Waals surface area contributed by atoms with Crippen molar-refractivity contribution in [1.82, 2.24) is 9.88 Å². The van der Waals surface area contributed by atoms with Crippen LogP contribution in [0, 0.1) is 5.92 Å². The van der Waals surface area contributed by atoms with E-state index >= 15 is 0 Å². The Morgan fingerprint density at radius 2 is 2.05 bits per heavy atom. The minimum Gasteiger partial charge on any atom is -0.361 e. The number of hydrogen-bond acceptors (Lipinski definition) is 1. The molecule has 0 saturated heterocycles. The molecule has 3 nitrogen and oxygen atoms in total. The van der Waals surface area contributed by atoms with Gasteiger partial charge >= 0.3 is 0 Å². The lowest BCUT2D eigenvalue weighted by molar-refractivity contribution is -0.130. The van der Waals surface area contributed by atoms with Gasteiger partial charge in [0, 0.05) is 37.1 Å². The topological polar surface area (TPSA) is 36.1 Å². The Hall–Kier alpha value is -1.77. The molecule has 0 spiro atoms. The maximum absolute atomic E-state index is 12.3. The number of carbonyl (C=O) groups is 1. The Labute approximate surface area is 126 Å². The minimum atomic E-state index is 0.271. The van der Waals surface area contributed by atoms with E-state index in [2.05, 4.69) is 17.1 Å². The van der Waals surface area contributed by atoms with Gasteiger partial charge in [-0.15, -0.1) is 0 Å². The molecule has 0 bridgehead atoms. The van der Waals surface area contributed by atoms with Crippen molar-refractivity contribution in [2.45, 2.75) is 38.5 Å². The summed E-state index contributed by atoms with van der Waals surface area (Å²) in [5, 5.41) is 1.24. The van der Waals surface area contributed by atoms with E-state index in [0.29, 0.717) is 6.42 Å². The molecule has 1 aliphatic rings. The molecule has 0 unspecified atom stereocenters. The first-order chi connectivity index (χ1) is 10.2. The molecule has 3 rings (SSSR count).